The summed E-state index contributed by atoms with van der Waals surface area (Å²) in [7, 11) is 1.14. The number of nitrogens with zero attached hydrogens (tertiary/aromatic N) is 3. The van der Waals surface area contributed by atoms with Gasteiger partial charge in [0.2, 0.25) is 5.72 Å². The van der Waals surface area contributed by atoms with Crippen LogP contribution in [0.3, 0.4) is 0 Å². The third-order valence-corrected chi connectivity index (χ3v) is 3.74. The van der Waals surface area contributed by atoms with Crippen LogP contribution in [0.2, 0.25) is 0 Å². The second-order valence-electron chi connectivity index (χ2n) is 5.07. The molecule has 0 aliphatic carbocycles. The molecule has 0 amide bonds. The van der Waals surface area contributed by atoms with Gasteiger partial charge in [-0.1, -0.05) is 35.4 Å². The van der Waals surface area contributed by atoms with Gasteiger partial charge in [-0.15, -0.1) is 0 Å². The molecule has 0 spiro atoms. The summed E-state index contributed by atoms with van der Waals surface area (Å²) in [6.45, 7) is -1.11. The van der Waals surface area contributed by atoms with Crippen LogP contribution in [-0.2, 0) is 9.47 Å². The third-order valence-electron chi connectivity index (χ3n) is 3.74. The third kappa shape index (κ3) is 3.05. The second kappa shape index (κ2) is 7.03. The molecular formula is C14H16FN3O5. The predicted octanol–water partition coefficient (Wildman–Crippen LogP) is 1.19. The zero-order valence-corrected chi connectivity index (χ0v) is 12.2. The monoisotopic (exact) mass is 325 g/mol. The molecule has 1 saturated heterocycles. The highest BCUT2D eigenvalue weighted by atomic mass is 19.1. The molecule has 0 aromatic heterocycles. The van der Waals surface area contributed by atoms with Gasteiger partial charge in [0.1, 0.15) is 12.8 Å². The van der Waals surface area contributed by atoms with Gasteiger partial charge in [0.25, 0.3) is 0 Å². The van der Waals surface area contributed by atoms with E-state index < -0.39 is 42.6 Å². The molecule has 2 N–H and O–H groups in total. The van der Waals surface area contributed by atoms with E-state index in [-0.39, 0.29) is 5.56 Å². The molecular weight excluding hydrogens is 309 g/mol. The first-order valence-corrected chi connectivity index (χ1v) is 6.79. The number of benzene rings is 1. The number of azide groups is 1. The van der Waals surface area contributed by atoms with Crippen molar-refractivity contribution in [2.24, 2.45) is 11.0 Å². The number of carbonyl (C=O) groups is 1. The van der Waals surface area contributed by atoms with E-state index in [1.165, 1.54) is 12.1 Å². The zero-order valence-electron chi connectivity index (χ0n) is 12.2. The summed E-state index contributed by atoms with van der Waals surface area (Å²) in [6, 6.07) is 7.79. The van der Waals surface area contributed by atoms with E-state index in [9.17, 15) is 19.4 Å². The Labute approximate surface area is 131 Å². The lowest BCUT2D eigenvalue weighted by Crippen LogP contribution is -2.64. The number of alkyl halides is 1. The first-order chi connectivity index (χ1) is 11.0. The topological polar surface area (TPSA) is 125 Å². The predicted molar refractivity (Wildman–Crippen MR) is 76.0 cm³/mol. The molecule has 1 aromatic rings. The number of Topliss-reactive ketones (excluding diaryl/α,β-unsaturated/α-hetero) is 1. The Kier molecular flexibility index (Phi) is 5.30. The summed E-state index contributed by atoms with van der Waals surface area (Å²) in [4.78, 5) is 15.2. The fourth-order valence-corrected chi connectivity index (χ4v) is 2.62. The van der Waals surface area contributed by atoms with Crippen LogP contribution < -0.4 is 0 Å². The van der Waals surface area contributed by atoms with Crippen LogP contribution in [0.15, 0.2) is 35.4 Å². The number of hydrogen-bond acceptors (Lipinski definition) is 6. The maximum Gasteiger partial charge on any atom is 0.207 e. The highest BCUT2D eigenvalue weighted by molar-refractivity contribution is 5.99. The van der Waals surface area contributed by atoms with Crippen LogP contribution in [0.25, 0.3) is 10.4 Å². The number of halogens is 1. The molecule has 1 heterocycles. The number of methoxy groups -OCH3 is 1. The number of aliphatic hydroxyl groups excluding tert-OH is 1. The van der Waals surface area contributed by atoms with Crippen LogP contribution in [0.5, 0.6) is 0 Å². The maximum absolute atomic E-state index is 13.1. The molecule has 124 valence electrons. The van der Waals surface area contributed by atoms with Crippen molar-refractivity contribution in [2.75, 3.05) is 13.8 Å². The van der Waals surface area contributed by atoms with Crippen LogP contribution in [-0.4, -0.2) is 54.0 Å². The molecule has 0 unspecified atom stereocenters. The minimum Gasteiger partial charge on any atom is -0.389 e. The number of aliphatic hydroxyl groups is 2. The van der Waals surface area contributed by atoms with Gasteiger partial charge in [-0.25, -0.2) is 4.39 Å². The van der Waals surface area contributed by atoms with Gasteiger partial charge < -0.3 is 19.7 Å². The highest BCUT2D eigenvalue weighted by Gasteiger charge is 2.58. The minimum absolute atomic E-state index is 0.164. The summed E-state index contributed by atoms with van der Waals surface area (Å²) >= 11 is 0. The van der Waals surface area contributed by atoms with Gasteiger partial charge in [-0.3, -0.25) is 4.79 Å². The summed E-state index contributed by atoms with van der Waals surface area (Å²) < 4.78 is 23.0. The van der Waals surface area contributed by atoms with Crippen molar-refractivity contribution < 1.29 is 28.9 Å². The second-order valence-corrected chi connectivity index (χ2v) is 5.07. The molecule has 1 fully saturated rings. The first kappa shape index (κ1) is 17.3. The molecule has 0 saturated carbocycles. The fraction of sp³-hybridized carbons (Fsp3) is 0.500. The van der Waals surface area contributed by atoms with Crippen molar-refractivity contribution in [3.05, 3.63) is 46.3 Å². The largest absolute Gasteiger partial charge is 0.389 e. The molecule has 1 aromatic carbocycles. The van der Waals surface area contributed by atoms with Crippen molar-refractivity contribution in [2.45, 2.75) is 24.2 Å². The number of ether oxygens (including phenoxy) is 2. The zero-order chi connectivity index (χ0) is 17.0. The van der Waals surface area contributed by atoms with E-state index >= 15 is 0 Å². The Morgan fingerprint density at radius 1 is 1.52 bits per heavy atom. The number of rotatable bonds is 5. The SMILES string of the molecule is CO[C@H]1O[C@H](CF)[C@@H](O)[C@@H](C(=O)c2ccccc2)[C@]1(O)N=[N+]=[N-]. The molecule has 23 heavy (non-hydrogen) atoms. The molecule has 8 nitrogen and oxygen atoms in total. The van der Waals surface area contributed by atoms with Gasteiger partial charge in [0.15, 0.2) is 12.1 Å². The molecule has 9 heteroatoms. The Morgan fingerprint density at radius 2 is 2.17 bits per heavy atom. The van der Waals surface area contributed by atoms with Gasteiger partial charge >= 0.3 is 0 Å². The van der Waals surface area contributed by atoms with Gasteiger partial charge in [-0.05, 0) is 5.53 Å². The fourth-order valence-electron chi connectivity index (χ4n) is 2.62. The van der Waals surface area contributed by atoms with E-state index in [0.717, 1.165) is 7.11 Å². The Balaban J connectivity index is 2.52. The normalized spacial score (nSPS) is 33.7. The van der Waals surface area contributed by atoms with Gasteiger partial charge in [0, 0.05) is 17.6 Å². The number of hydrogen-bond donors (Lipinski definition) is 2. The van der Waals surface area contributed by atoms with Crippen LogP contribution in [0, 0.1) is 5.92 Å². The summed E-state index contributed by atoms with van der Waals surface area (Å²) in [6.07, 6.45) is -4.71. The van der Waals surface area contributed by atoms with Crippen molar-refractivity contribution in [3.8, 4) is 0 Å². The lowest BCUT2D eigenvalue weighted by molar-refractivity contribution is -0.310. The van der Waals surface area contributed by atoms with E-state index in [0.29, 0.717) is 0 Å². The van der Waals surface area contributed by atoms with Gasteiger partial charge in [-0.2, -0.15) is 0 Å². The summed E-state index contributed by atoms with van der Waals surface area (Å²) in [5.41, 5.74) is 6.35. The van der Waals surface area contributed by atoms with Crippen LogP contribution in [0.1, 0.15) is 10.4 Å². The molecule has 2 rings (SSSR count). The smallest absolute Gasteiger partial charge is 0.207 e. The van der Waals surface area contributed by atoms with E-state index in [1.807, 2.05) is 0 Å². The quantitative estimate of drug-likeness (QED) is 0.364. The molecule has 0 bridgehead atoms. The minimum atomic E-state index is -2.51. The highest BCUT2D eigenvalue weighted by Crippen LogP contribution is 2.38. The lowest BCUT2D eigenvalue weighted by Gasteiger charge is -2.46. The average Bonchev–Trinajstić information content (AvgIpc) is 2.56. The maximum atomic E-state index is 13.1. The summed E-state index contributed by atoms with van der Waals surface area (Å²) in [5, 5.41) is 24.1. The van der Waals surface area contributed by atoms with Gasteiger partial charge in [0.05, 0.1) is 12.0 Å². The van der Waals surface area contributed by atoms with E-state index in [2.05, 4.69) is 10.0 Å². The average molecular weight is 325 g/mol. The molecule has 0 radical (unpaired) electrons. The van der Waals surface area contributed by atoms with Crippen molar-refractivity contribution in [1.29, 1.82) is 0 Å². The molecule has 5 atom stereocenters. The van der Waals surface area contributed by atoms with Crippen molar-refractivity contribution >= 4 is 5.78 Å². The Bertz CT molecular complexity index is 610. The number of carbonyl (C=O) groups excluding carboxylic acids is 1. The number of ketones is 1. The van der Waals surface area contributed by atoms with Crippen LogP contribution in [0.4, 0.5) is 4.39 Å². The van der Waals surface area contributed by atoms with Crippen LogP contribution >= 0.6 is 0 Å². The van der Waals surface area contributed by atoms with E-state index in [1.54, 1.807) is 18.2 Å². The van der Waals surface area contributed by atoms with Crippen molar-refractivity contribution in [1.82, 2.24) is 0 Å². The first-order valence-electron chi connectivity index (χ1n) is 6.79. The molecule has 1 aliphatic heterocycles. The van der Waals surface area contributed by atoms with Crippen molar-refractivity contribution in [3.63, 3.8) is 0 Å². The lowest BCUT2D eigenvalue weighted by atomic mass is 9.79. The Hall–Kier alpha value is -2.03. The molecule has 1 aliphatic rings. The van der Waals surface area contributed by atoms with E-state index in [4.69, 9.17) is 15.0 Å². The Morgan fingerprint density at radius 3 is 2.70 bits per heavy atom. The standard InChI is InChI=1S/C14H16FN3O5/c1-22-13-14(21,17-18-16)10(12(20)9(7-15)23-13)11(19)8-5-3-2-4-6-8/h2-6,9-10,12-13,20-21H,7H2,1H3/t9-,10-,12-,13+,14-/m1/s1. The summed E-state index contributed by atoms with van der Waals surface area (Å²) in [5.74, 6) is -2.35.